The summed E-state index contributed by atoms with van der Waals surface area (Å²) < 4.78 is 0. The predicted octanol–water partition coefficient (Wildman–Crippen LogP) is 17.9. The second-order valence-electron chi connectivity index (χ2n) is 18.2. The second-order valence-corrected chi connectivity index (χ2v) is 18.2. The summed E-state index contributed by atoms with van der Waals surface area (Å²) in [6.45, 7) is 32.9. The van der Waals surface area contributed by atoms with E-state index in [1.165, 1.54) is 161 Å². The third-order valence-corrected chi connectivity index (χ3v) is 10.5. The molecule has 0 radical (unpaired) electrons. The maximum Gasteiger partial charge on any atom is -0.0391 e. The minimum atomic E-state index is 0.881. The van der Waals surface area contributed by atoms with Crippen molar-refractivity contribution in [2.24, 2.45) is 47.3 Å². The molecule has 0 aromatic rings. The molecule has 0 rings (SSSR count). The SMILES string of the molecule is CC(C)CCCCCC(C)C.CCCCCCCC(CCCC(C)C)C(C)C.CCCCCCCCCC(CCCC(C)C)C(C)C. The van der Waals surface area contributed by atoms with E-state index >= 15 is 0 Å². The molecule has 2 unspecified atom stereocenters. The van der Waals surface area contributed by atoms with Crippen LogP contribution in [0.2, 0.25) is 0 Å². The van der Waals surface area contributed by atoms with Crippen molar-refractivity contribution in [3.8, 4) is 0 Å². The lowest BCUT2D eigenvalue weighted by Crippen LogP contribution is -2.09. The van der Waals surface area contributed by atoms with Crippen molar-refractivity contribution >= 4 is 0 Å². The van der Waals surface area contributed by atoms with Crippen LogP contribution in [0.4, 0.5) is 0 Å². The molecule has 0 heteroatoms. The van der Waals surface area contributed by atoms with Crippen LogP contribution in [0.1, 0.15) is 257 Å². The molecule has 0 saturated carbocycles. The molecule has 0 spiro atoms. The molecule has 0 aliphatic heterocycles. The molecular formula is C47H100. The Bertz CT molecular complexity index is 528. The van der Waals surface area contributed by atoms with E-state index in [1.807, 2.05) is 0 Å². The van der Waals surface area contributed by atoms with Gasteiger partial charge in [-0.05, 0) is 47.3 Å². The van der Waals surface area contributed by atoms with Crippen LogP contribution < -0.4 is 0 Å². The minimum absolute atomic E-state index is 0.881. The van der Waals surface area contributed by atoms with E-state index < -0.39 is 0 Å². The molecule has 0 aromatic carbocycles. The molecule has 0 nitrogen and oxygen atoms in total. The molecule has 0 heterocycles. The zero-order valence-electron chi connectivity index (χ0n) is 36.3. The minimum Gasteiger partial charge on any atom is -0.0654 e. The summed E-state index contributed by atoms with van der Waals surface area (Å²) in [5, 5.41) is 0. The van der Waals surface area contributed by atoms with Crippen molar-refractivity contribution in [3.63, 3.8) is 0 Å². The molecule has 47 heavy (non-hydrogen) atoms. The summed E-state index contributed by atoms with van der Waals surface area (Å²) in [5.41, 5.74) is 0. The molecule has 0 aliphatic carbocycles. The fraction of sp³-hybridized carbons (Fsp3) is 1.00. The Hall–Kier alpha value is 0. The monoisotopic (exact) mass is 665 g/mol. The number of rotatable bonds is 30. The zero-order valence-corrected chi connectivity index (χ0v) is 36.3. The number of unbranched alkanes of at least 4 members (excludes halogenated alkanes) is 12. The zero-order chi connectivity index (χ0) is 36.3. The van der Waals surface area contributed by atoms with Crippen molar-refractivity contribution in [2.45, 2.75) is 257 Å². The summed E-state index contributed by atoms with van der Waals surface area (Å²) in [6, 6.07) is 0. The van der Waals surface area contributed by atoms with Crippen molar-refractivity contribution in [2.75, 3.05) is 0 Å². The highest BCUT2D eigenvalue weighted by atomic mass is 14.2. The van der Waals surface area contributed by atoms with Gasteiger partial charge in [-0.15, -0.1) is 0 Å². The normalized spacial score (nSPS) is 13.0. The summed E-state index contributed by atoms with van der Waals surface area (Å²) in [6.07, 6.45) is 36.0. The van der Waals surface area contributed by atoms with Gasteiger partial charge in [0.15, 0.2) is 0 Å². The fourth-order valence-corrected chi connectivity index (χ4v) is 6.85. The van der Waals surface area contributed by atoms with Gasteiger partial charge in [0.25, 0.3) is 0 Å². The fourth-order valence-electron chi connectivity index (χ4n) is 6.85. The number of hydrogen-bond acceptors (Lipinski definition) is 0. The van der Waals surface area contributed by atoms with Crippen LogP contribution in [0.3, 0.4) is 0 Å². The highest BCUT2D eigenvalue weighted by Gasteiger charge is 2.14. The molecule has 0 aliphatic rings. The van der Waals surface area contributed by atoms with Crippen LogP contribution in [0.25, 0.3) is 0 Å². The van der Waals surface area contributed by atoms with Gasteiger partial charge < -0.3 is 0 Å². The van der Waals surface area contributed by atoms with Crippen molar-refractivity contribution in [1.82, 2.24) is 0 Å². The molecule has 288 valence electrons. The molecule has 0 N–H and O–H groups in total. The van der Waals surface area contributed by atoms with Crippen molar-refractivity contribution in [1.29, 1.82) is 0 Å². The first-order chi connectivity index (χ1) is 22.3. The Labute approximate surface area is 304 Å². The van der Waals surface area contributed by atoms with Crippen LogP contribution in [-0.2, 0) is 0 Å². The Morgan fingerprint density at radius 1 is 0.234 bits per heavy atom. The Kier molecular flexibility index (Phi) is 42.4. The van der Waals surface area contributed by atoms with Crippen LogP contribution in [0.15, 0.2) is 0 Å². The smallest absolute Gasteiger partial charge is 0.0391 e. The van der Waals surface area contributed by atoms with E-state index in [0.29, 0.717) is 0 Å². The first kappa shape index (κ1) is 51.4. The summed E-state index contributed by atoms with van der Waals surface area (Å²) >= 11 is 0. The van der Waals surface area contributed by atoms with Gasteiger partial charge >= 0.3 is 0 Å². The maximum absolute atomic E-state index is 2.42. The van der Waals surface area contributed by atoms with Gasteiger partial charge in [-0.1, -0.05) is 257 Å². The van der Waals surface area contributed by atoms with Crippen molar-refractivity contribution in [3.05, 3.63) is 0 Å². The van der Waals surface area contributed by atoms with E-state index in [-0.39, 0.29) is 0 Å². The van der Waals surface area contributed by atoms with Crippen LogP contribution >= 0.6 is 0 Å². The van der Waals surface area contributed by atoms with Gasteiger partial charge in [0.05, 0.1) is 0 Å². The first-order valence-corrected chi connectivity index (χ1v) is 22.3. The average Bonchev–Trinajstić information content (AvgIpc) is 2.98. The quantitative estimate of drug-likeness (QED) is 0.0670. The van der Waals surface area contributed by atoms with Gasteiger partial charge in [0.1, 0.15) is 0 Å². The van der Waals surface area contributed by atoms with Gasteiger partial charge in [-0.25, -0.2) is 0 Å². The molecule has 0 fully saturated rings. The summed E-state index contributed by atoms with van der Waals surface area (Å²) in [4.78, 5) is 0. The second kappa shape index (κ2) is 38.8. The average molecular weight is 665 g/mol. The molecule has 2 atom stereocenters. The van der Waals surface area contributed by atoms with E-state index in [9.17, 15) is 0 Å². The van der Waals surface area contributed by atoms with Gasteiger partial charge in [-0.2, -0.15) is 0 Å². The van der Waals surface area contributed by atoms with Gasteiger partial charge in [0, 0.05) is 0 Å². The van der Waals surface area contributed by atoms with E-state index in [0.717, 1.165) is 47.3 Å². The first-order valence-electron chi connectivity index (χ1n) is 22.3. The predicted molar refractivity (Wildman–Crippen MR) is 223 cm³/mol. The molecule has 0 saturated heterocycles. The Balaban J connectivity index is -0.000000640. The summed E-state index contributed by atoms with van der Waals surface area (Å²) in [7, 11) is 0. The number of hydrogen-bond donors (Lipinski definition) is 0. The Morgan fingerprint density at radius 3 is 0.723 bits per heavy atom. The van der Waals surface area contributed by atoms with E-state index in [4.69, 9.17) is 0 Å². The third-order valence-electron chi connectivity index (χ3n) is 10.5. The van der Waals surface area contributed by atoms with Gasteiger partial charge in [-0.3, -0.25) is 0 Å². The standard InChI is InChI=1S/C19H40.C17H36.C11H24/c1-6-7-8-9-10-11-12-15-19(18(4)5)16-13-14-17(2)3;1-6-7-8-9-10-13-17(16(4)5)14-11-12-15(2)3;1-10(2)8-6-5-7-9-11(3)4/h17-19H,6-16H2,1-5H3;15-17H,6-14H2,1-5H3;10-11H,5-9H2,1-4H3. The summed E-state index contributed by atoms with van der Waals surface area (Å²) in [5.74, 6) is 7.28. The molecular weight excluding hydrogens is 565 g/mol. The van der Waals surface area contributed by atoms with Crippen LogP contribution in [0.5, 0.6) is 0 Å². The molecule has 0 bridgehead atoms. The van der Waals surface area contributed by atoms with Crippen LogP contribution in [-0.4, -0.2) is 0 Å². The van der Waals surface area contributed by atoms with Crippen LogP contribution in [0, 0.1) is 47.3 Å². The molecule has 0 aromatic heterocycles. The largest absolute Gasteiger partial charge is 0.0654 e. The maximum atomic E-state index is 2.42. The molecule has 0 amide bonds. The third kappa shape index (κ3) is 46.0. The van der Waals surface area contributed by atoms with Crippen molar-refractivity contribution < 1.29 is 0 Å². The topological polar surface area (TPSA) is 0 Å². The lowest BCUT2D eigenvalue weighted by molar-refractivity contribution is 0.308. The van der Waals surface area contributed by atoms with E-state index in [2.05, 4.69) is 96.9 Å². The van der Waals surface area contributed by atoms with E-state index in [1.54, 1.807) is 0 Å². The highest BCUT2D eigenvalue weighted by molar-refractivity contribution is 4.66. The lowest BCUT2D eigenvalue weighted by Gasteiger charge is -2.21. The Morgan fingerprint density at radius 2 is 0.447 bits per heavy atom. The lowest BCUT2D eigenvalue weighted by atomic mass is 9.85. The highest BCUT2D eigenvalue weighted by Crippen LogP contribution is 2.27. The van der Waals surface area contributed by atoms with Gasteiger partial charge in [0.2, 0.25) is 0 Å².